The summed E-state index contributed by atoms with van der Waals surface area (Å²) in [5.41, 5.74) is 6.12. The first-order valence-electron chi connectivity index (χ1n) is 9.96. The summed E-state index contributed by atoms with van der Waals surface area (Å²) in [6.07, 6.45) is -3.65. The van der Waals surface area contributed by atoms with E-state index in [4.69, 9.17) is 15.2 Å². The second kappa shape index (κ2) is 8.22. The number of nitrogens with one attached hydrogen (secondary N) is 1. The Morgan fingerprint density at radius 2 is 1.97 bits per heavy atom. The summed E-state index contributed by atoms with van der Waals surface area (Å²) in [6, 6.07) is 8.69. The number of benzene rings is 2. The standard InChI is InChI=1S/C22H23F3N4O2/c1-12(14-7-15(22(23,24)25)9-16(26)8-14)27-21-20-10-17(31-18-5-6-30-11-18)3-4-19(20)13(2)28-29-21/h3-4,7-10,12,18H,5-6,11,26H2,1-2H3,(H,27,29)/t12-,18+/m1/s1. The minimum Gasteiger partial charge on any atom is -0.488 e. The van der Waals surface area contributed by atoms with Crippen LogP contribution in [0.1, 0.15) is 36.2 Å². The molecule has 4 rings (SSSR count). The van der Waals surface area contributed by atoms with Crippen molar-refractivity contribution in [1.82, 2.24) is 10.2 Å². The SMILES string of the molecule is Cc1nnc(N[C@H](C)c2cc(N)cc(C(F)(F)F)c2)c2cc(O[C@H]3CCOC3)ccc12. The van der Waals surface area contributed by atoms with Gasteiger partial charge in [-0.25, -0.2) is 0 Å². The quantitative estimate of drug-likeness (QED) is 0.559. The average molecular weight is 432 g/mol. The van der Waals surface area contributed by atoms with E-state index in [0.717, 1.165) is 35.0 Å². The molecule has 1 aromatic heterocycles. The maximum Gasteiger partial charge on any atom is 0.416 e. The van der Waals surface area contributed by atoms with Gasteiger partial charge in [0.2, 0.25) is 0 Å². The van der Waals surface area contributed by atoms with Gasteiger partial charge in [0.1, 0.15) is 11.9 Å². The summed E-state index contributed by atoms with van der Waals surface area (Å²) in [6.45, 7) is 4.82. The summed E-state index contributed by atoms with van der Waals surface area (Å²) in [4.78, 5) is 0. The third kappa shape index (κ3) is 4.66. The van der Waals surface area contributed by atoms with Crippen LogP contribution in [0, 0.1) is 6.92 Å². The predicted molar refractivity (Wildman–Crippen MR) is 112 cm³/mol. The van der Waals surface area contributed by atoms with E-state index < -0.39 is 17.8 Å². The molecule has 0 aliphatic carbocycles. The second-order valence-corrected chi connectivity index (χ2v) is 7.70. The van der Waals surface area contributed by atoms with Crippen LogP contribution in [0.15, 0.2) is 36.4 Å². The van der Waals surface area contributed by atoms with Crippen LogP contribution in [-0.2, 0) is 10.9 Å². The Morgan fingerprint density at radius 1 is 1.16 bits per heavy atom. The van der Waals surface area contributed by atoms with E-state index in [1.165, 1.54) is 6.07 Å². The predicted octanol–water partition coefficient (Wildman–Crippen LogP) is 4.88. The molecule has 6 nitrogen and oxygen atoms in total. The molecule has 0 amide bonds. The van der Waals surface area contributed by atoms with Crippen molar-refractivity contribution in [2.24, 2.45) is 0 Å². The van der Waals surface area contributed by atoms with E-state index in [0.29, 0.717) is 30.3 Å². The number of ether oxygens (including phenoxy) is 2. The van der Waals surface area contributed by atoms with Gasteiger partial charge in [-0.3, -0.25) is 0 Å². The van der Waals surface area contributed by atoms with Gasteiger partial charge in [-0.05, 0) is 55.8 Å². The van der Waals surface area contributed by atoms with Gasteiger partial charge in [0, 0.05) is 22.9 Å². The van der Waals surface area contributed by atoms with Gasteiger partial charge in [-0.1, -0.05) is 0 Å². The number of aryl methyl sites for hydroxylation is 1. The van der Waals surface area contributed by atoms with Crippen molar-refractivity contribution in [3.8, 4) is 5.75 Å². The molecule has 0 unspecified atom stereocenters. The zero-order valence-corrected chi connectivity index (χ0v) is 17.2. The lowest BCUT2D eigenvalue weighted by molar-refractivity contribution is -0.137. The lowest BCUT2D eigenvalue weighted by Gasteiger charge is -2.19. The number of nitrogens with zero attached hydrogens (tertiary/aromatic N) is 2. The molecule has 2 aromatic carbocycles. The molecule has 0 spiro atoms. The van der Waals surface area contributed by atoms with E-state index >= 15 is 0 Å². The van der Waals surface area contributed by atoms with Gasteiger partial charge < -0.3 is 20.5 Å². The Morgan fingerprint density at radius 3 is 2.68 bits per heavy atom. The normalized spacial score (nSPS) is 17.6. The number of fused-ring (bicyclic) bond motifs is 1. The summed E-state index contributed by atoms with van der Waals surface area (Å²) >= 11 is 0. The Balaban J connectivity index is 1.66. The molecular weight excluding hydrogens is 409 g/mol. The third-order valence-electron chi connectivity index (χ3n) is 5.28. The first kappa shape index (κ1) is 21.2. The Labute approximate surface area is 177 Å². The highest BCUT2D eigenvalue weighted by atomic mass is 19.4. The molecule has 31 heavy (non-hydrogen) atoms. The topological polar surface area (TPSA) is 82.3 Å². The van der Waals surface area contributed by atoms with Crippen molar-refractivity contribution in [1.29, 1.82) is 0 Å². The van der Waals surface area contributed by atoms with Crippen molar-refractivity contribution >= 4 is 22.3 Å². The fraction of sp³-hybridized carbons (Fsp3) is 0.364. The lowest BCUT2D eigenvalue weighted by Crippen LogP contribution is -2.15. The van der Waals surface area contributed by atoms with Gasteiger partial charge in [0.05, 0.1) is 30.5 Å². The molecule has 0 radical (unpaired) electrons. The number of nitrogens with two attached hydrogens (primary N) is 1. The highest BCUT2D eigenvalue weighted by Gasteiger charge is 2.31. The maximum absolute atomic E-state index is 13.2. The molecule has 9 heteroatoms. The summed E-state index contributed by atoms with van der Waals surface area (Å²) < 4.78 is 50.9. The number of hydrogen-bond donors (Lipinski definition) is 2. The first-order chi connectivity index (χ1) is 14.7. The smallest absolute Gasteiger partial charge is 0.416 e. The number of alkyl halides is 3. The molecule has 3 N–H and O–H groups in total. The Kier molecular flexibility index (Phi) is 5.62. The van der Waals surface area contributed by atoms with Crippen LogP contribution < -0.4 is 15.8 Å². The fourth-order valence-electron chi connectivity index (χ4n) is 3.62. The Bertz CT molecular complexity index is 1100. The molecular formula is C22H23F3N4O2. The minimum atomic E-state index is -4.48. The molecule has 1 aliphatic heterocycles. The highest BCUT2D eigenvalue weighted by molar-refractivity contribution is 5.94. The van der Waals surface area contributed by atoms with E-state index in [-0.39, 0.29) is 11.8 Å². The zero-order valence-electron chi connectivity index (χ0n) is 17.2. The number of hydrogen-bond acceptors (Lipinski definition) is 6. The van der Waals surface area contributed by atoms with E-state index in [1.54, 1.807) is 6.92 Å². The molecule has 2 heterocycles. The summed E-state index contributed by atoms with van der Waals surface area (Å²) in [5, 5.41) is 13.3. The van der Waals surface area contributed by atoms with Gasteiger partial charge in [-0.2, -0.15) is 18.3 Å². The van der Waals surface area contributed by atoms with Crippen LogP contribution in [0.2, 0.25) is 0 Å². The van der Waals surface area contributed by atoms with Gasteiger partial charge in [0.25, 0.3) is 0 Å². The van der Waals surface area contributed by atoms with Crippen molar-refractivity contribution in [2.75, 3.05) is 24.3 Å². The average Bonchev–Trinajstić information content (AvgIpc) is 3.22. The first-order valence-corrected chi connectivity index (χ1v) is 9.96. The monoisotopic (exact) mass is 432 g/mol. The van der Waals surface area contributed by atoms with Crippen LogP contribution in [0.3, 0.4) is 0 Å². The molecule has 3 aromatic rings. The highest BCUT2D eigenvalue weighted by Crippen LogP contribution is 2.34. The molecule has 1 aliphatic rings. The number of halogens is 3. The van der Waals surface area contributed by atoms with Crippen molar-refractivity contribution in [3.63, 3.8) is 0 Å². The van der Waals surface area contributed by atoms with Crippen molar-refractivity contribution in [2.45, 2.75) is 38.6 Å². The van der Waals surface area contributed by atoms with Crippen molar-refractivity contribution < 1.29 is 22.6 Å². The molecule has 0 saturated carbocycles. The largest absolute Gasteiger partial charge is 0.488 e. The van der Waals surface area contributed by atoms with E-state index in [2.05, 4.69) is 15.5 Å². The third-order valence-corrected chi connectivity index (χ3v) is 5.28. The van der Waals surface area contributed by atoms with E-state index in [1.807, 2.05) is 25.1 Å². The van der Waals surface area contributed by atoms with Crippen LogP contribution in [0.4, 0.5) is 24.7 Å². The maximum atomic E-state index is 13.2. The molecule has 1 saturated heterocycles. The number of nitrogen functional groups attached to an aromatic ring is 1. The minimum absolute atomic E-state index is 0.00300. The van der Waals surface area contributed by atoms with Crippen LogP contribution in [0.5, 0.6) is 5.75 Å². The van der Waals surface area contributed by atoms with E-state index in [9.17, 15) is 13.2 Å². The second-order valence-electron chi connectivity index (χ2n) is 7.70. The number of aromatic nitrogens is 2. The molecule has 164 valence electrons. The fourth-order valence-corrected chi connectivity index (χ4v) is 3.62. The van der Waals surface area contributed by atoms with Crippen molar-refractivity contribution in [3.05, 3.63) is 53.2 Å². The zero-order chi connectivity index (χ0) is 22.2. The van der Waals surface area contributed by atoms with Crippen LogP contribution in [0.25, 0.3) is 10.8 Å². The number of rotatable bonds is 5. The number of anilines is 2. The van der Waals surface area contributed by atoms with Gasteiger partial charge in [-0.15, -0.1) is 5.10 Å². The van der Waals surface area contributed by atoms with Gasteiger partial charge in [0.15, 0.2) is 5.82 Å². The van der Waals surface area contributed by atoms with Crippen LogP contribution in [-0.4, -0.2) is 29.5 Å². The molecule has 0 bridgehead atoms. The van der Waals surface area contributed by atoms with Crippen LogP contribution >= 0.6 is 0 Å². The molecule has 1 fully saturated rings. The lowest BCUT2D eigenvalue weighted by atomic mass is 10.0. The Hall–Kier alpha value is -3.07. The summed E-state index contributed by atoms with van der Waals surface area (Å²) in [7, 11) is 0. The molecule has 2 atom stereocenters. The van der Waals surface area contributed by atoms with Gasteiger partial charge >= 0.3 is 6.18 Å². The summed E-state index contributed by atoms with van der Waals surface area (Å²) in [5.74, 6) is 1.13.